The predicted molar refractivity (Wildman–Crippen MR) is 84.0 cm³/mol. The summed E-state index contributed by atoms with van der Waals surface area (Å²) in [6.45, 7) is 10.5. The zero-order chi connectivity index (χ0) is 14.8. The molecule has 0 spiro atoms. The minimum Gasteiger partial charge on any atom is -0.352 e. The molecule has 0 heterocycles. The van der Waals surface area contributed by atoms with E-state index in [2.05, 4.69) is 43.4 Å². The molecule has 114 valence electrons. The van der Waals surface area contributed by atoms with Crippen LogP contribution in [0.1, 0.15) is 38.3 Å². The Bertz CT molecular complexity index is 362. The van der Waals surface area contributed by atoms with Gasteiger partial charge in [-0.3, -0.25) is 0 Å². The van der Waals surface area contributed by atoms with E-state index in [0.29, 0.717) is 19.3 Å². The Morgan fingerprint density at radius 3 is 2.45 bits per heavy atom. The summed E-state index contributed by atoms with van der Waals surface area (Å²) >= 11 is 0. The molecule has 0 saturated heterocycles. The predicted octanol–water partition coefficient (Wildman–Crippen LogP) is 3.30. The van der Waals surface area contributed by atoms with E-state index in [1.54, 1.807) is 0 Å². The number of nitrogens with one attached hydrogen (secondary N) is 1. The van der Waals surface area contributed by atoms with Crippen LogP contribution in [0.25, 0.3) is 0 Å². The lowest BCUT2D eigenvalue weighted by molar-refractivity contribution is -0.133. The highest BCUT2D eigenvalue weighted by atomic mass is 16.7. The first kappa shape index (κ1) is 17.2. The van der Waals surface area contributed by atoms with Gasteiger partial charge in [0.1, 0.15) is 0 Å². The van der Waals surface area contributed by atoms with E-state index in [1.807, 2.05) is 13.8 Å². The van der Waals surface area contributed by atoms with Gasteiger partial charge in [-0.25, -0.2) is 0 Å². The van der Waals surface area contributed by atoms with Gasteiger partial charge in [-0.1, -0.05) is 29.8 Å². The number of ether oxygens (including phenoxy) is 2. The zero-order valence-corrected chi connectivity index (χ0v) is 13.3. The number of hydrogen-bond acceptors (Lipinski definition) is 3. The first-order valence-corrected chi connectivity index (χ1v) is 7.67. The van der Waals surface area contributed by atoms with Crippen LogP contribution >= 0.6 is 0 Å². The van der Waals surface area contributed by atoms with E-state index >= 15 is 0 Å². The van der Waals surface area contributed by atoms with Crippen molar-refractivity contribution in [3.05, 3.63) is 35.4 Å². The van der Waals surface area contributed by atoms with E-state index in [9.17, 15) is 0 Å². The van der Waals surface area contributed by atoms with Crippen LogP contribution in [0.3, 0.4) is 0 Å². The van der Waals surface area contributed by atoms with Crippen LogP contribution in [0.5, 0.6) is 0 Å². The molecule has 0 aliphatic rings. The van der Waals surface area contributed by atoms with Crippen LogP contribution in [0.4, 0.5) is 0 Å². The highest BCUT2D eigenvalue weighted by Gasteiger charge is 2.10. The molecule has 0 fully saturated rings. The molecule has 0 aliphatic carbocycles. The lowest BCUT2D eigenvalue weighted by atomic mass is 10.0. The van der Waals surface area contributed by atoms with Crippen molar-refractivity contribution in [3.8, 4) is 0 Å². The maximum atomic E-state index is 5.53. The van der Waals surface area contributed by atoms with Crippen LogP contribution in [0, 0.1) is 6.92 Å². The molecule has 1 aromatic rings. The maximum Gasteiger partial charge on any atom is 0.169 e. The quantitative estimate of drug-likeness (QED) is 0.667. The van der Waals surface area contributed by atoms with Gasteiger partial charge in [-0.2, -0.15) is 0 Å². The van der Waals surface area contributed by atoms with Crippen molar-refractivity contribution >= 4 is 0 Å². The third-order valence-corrected chi connectivity index (χ3v) is 3.29. The molecule has 3 nitrogen and oxygen atoms in total. The third-order valence-electron chi connectivity index (χ3n) is 3.29. The molecule has 3 heteroatoms. The molecule has 0 aromatic heterocycles. The topological polar surface area (TPSA) is 30.5 Å². The van der Waals surface area contributed by atoms with Gasteiger partial charge in [-0.05, 0) is 46.1 Å². The summed E-state index contributed by atoms with van der Waals surface area (Å²) < 4.78 is 11.1. The van der Waals surface area contributed by atoms with Gasteiger partial charge in [0.25, 0.3) is 0 Å². The summed E-state index contributed by atoms with van der Waals surface area (Å²) in [6.07, 6.45) is 2.09. The molecule has 0 aliphatic heterocycles. The molecule has 0 saturated carbocycles. The Balaban J connectivity index is 2.27. The van der Waals surface area contributed by atoms with Crippen LogP contribution in [-0.2, 0) is 15.9 Å². The van der Waals surface area contributed by atoms with Gasteiger partial charge in [0.05, 0.1) is 0 Å². The van der Waals surface area contributed by atoms with Crippen LogP contribution in [0.15, 0.2) is 24.3 Å². The fourth-order valence-electron chi connectivity index (χ4n) is 2.19. The molecule has 20 heavy (non-hydrogen) atoms. The first-order valence-electron chi connectivity index (χ1n) is 7.67. The molecule has 1 aromatic carbocycles. The van der Waals surface area contributed by atoms with Crippen LogP contribution in [0.2, 0.25) is 0 Å². The summed E-state index contributed by atoms with van der Waals surface area (Å²) in [6, 6.07) is 9.18. The second kappa shape index (κ2) is 9.92. The van der Waals surface area contributed by atoms with Gasteiger partial charge in [0.2, 0.25) is 0 Å². The summed E-state index contributed by atoms with van der Waals surface area (Å²) in [5, 5.41) is 3.49. The van der Waals surface area contributed by atoms with Crippen LogP contribution < -0.4 is 5.32 Å². The average Bonchev–Trinajstić information content (AvgIpc) is 2.43. The molecular weight excluding hydrogens is 250 g/mol. The van der Waals surface area contributed by atoms with Crippen molar-refractivity contribution in [2.45, 2.75) is 52.9 Å². The molecule has 1 N–H and O–H groups in total. The van der Waals surface area contributed by atoms with E-state index in [-0.39, 0.29) is 6.29 Å². The fraction of sp³-hybridized carbons (Fsp3) is 0.647. The van der Waals surface area contributed by atoms with Gasteiger partial charge in [-0.15, -0.1) is 0 Å². The van der Waals surface area contributed by atoms with E-state index in [1.165, 1.54) is 11.1 Å². The Morgan fingerprint density at radius 1 is 1.15 bits per heavy atom. The highest BCUT2D eigenvalue weighted by Crippen LogP contribution is 2.08. The van der Waals surface area contributed by atoms with E-state index < -0.39 is 0 Å². The molecule has 1 atom stereocenters. The minimum absolute atomic E-state index is 0.133. The second-order valence-electron chi connectivity index (χ2n) is 5.18. The monoisotopic (exact) mass is 279 g/mol. The summed E-state index contributed by atoms with van der Waals surface area (Å²) in [5.74, 6) is 0. The van der Waals surface area contributed by atoms with Crippen LogP contribution in [-0.4, -0.2) is 32.1 Å². The molecule has 1 rings (SSSR count). The Hall–Kier alpha value is -0.900. The SMILES string of the molecule is CCOC(CNC(C)CCc1cccc(C)c1)OCC. The van der Waals surface area contributed by atoms with Crippen molar-refractivity contribution in [3.63, 3.8) is 0 Å². The van der Waals surface area contributed by atoms with Gasteiger partial charge in [0, 0.05) is 25.8 Å². The average molecular weight is 279 g/mol. The number of hydrogen-bond donors (Lipinski definition) is 1. The van der Waals surface area contributed by atoms with E-state index in [0.717, 1.165) is 19.4 Å². The third kappa shape index (κ3) is 7.04. The largest absolute Gasteiger partial charge is 0.352 e. The van der Waals surface area contributed by atoms with Gasteiger partial charge >= 0.3 is 0 Å². The molecule has 0 amide bonds. The Morgan fingerprint density at radius 2 is 1.85 bits per heavy atom. The Kier molecular flexibility index (Phi) is 8.51. The summed E-state index contributed by atoms with van der Waals surface area (Å²) in [4.78, 5) is 0. The van der Waals surface area contributed by atoms with Crippen molar-refractivity contribution in [2.75, 3.05) is 19.8 Å². The molecular formula is C17H29NO2. The second-order valence-corrected chi connectivity index (χ2v) is 5.18. The van der Waals surface area contributed by atoms with Crippen molar-refractivity contribution in [1.82, 2.24) is 5.32 Å². The Labute approximate surface area is 123 Å². The lowest BCUT2D eigenvalue weighted by Crippen LogP contribution is -2.36. The number of benzene rings is 1. The van der Waals surface area contributed by atoms with Crippen molar-refractivity contribution in [1.29, 1.82) is 0 Å². The smallest absolute Gasteiger partial charge is 0.169 e. The zero-order valence-electron chi connectivity index (χ0n) is 13.3. The molecule has 0 bridgehead atoms. The number of aryl methyl sites for hydroxylation is 2. The lowest BCUT2D eigenvalue weighted by Gasteiger charge is -2.20. The van der Waals surface area contributed by atoms with Gasteiger partial charge < -0.3 is 14.8 Å². The van der Waals surface area contributed by atoms with E-state index in [4.69, 9.17) is 9.47 Å². The number of rotatable bonds is 10. The highest BCUT2D eigenvalue weighted by molar-refractivity contribution is 5.22. The molecule has 0 radical (unpaired) electrons. The standard InChI is InChI=1S/C17H29NO2/c1-5-19-17(20-6-2)13-18-15(4)10-11-16-9-7-8-14(3)12-16/h7-9,12,15,17-18H,5-6,10-11,13H2,1-4H3. The fourth-order valence-corrected chi connectivity index (χ4v) is 2.19. The first-order chi connectivity index (χ1) is 9.65. The van der Waals surface area contributed by atoms with Crippen molar-refractivity contribution < 1.29 is 9.47 Å². The molecule has 1 unspecified atom stereocenters. The normalized spacial score (nSPS) is 12.8. The summed E-state index contributed by atoms with van der Waals surface area (Å²) in [7, 11) is 0. The minimum atomic E-state index is -0.133. The van der Waals surface area contributed by atoms with Crippen molar-refractivity contribution in [2.24, 2.45) is 0 Å². The maximum absolute atomic E-state index is 5.53. The summed E-state index contributed by atoms with van der Waals surface area (Å²) in [5.41, 5.74) is 2.74. The van der Waals surface area contributed by atoms with Gasteiger partial charge in [0.15, 0.2) is 6.29 Å².